The van der Waals surface area contributed by atoms with E-state index in [0.717, 1.165) is 31.5 Å². The molecule has 2 aliphatic rings. The van der Waals surface area contributed by atoms with Crippen molar-refractivity contribution in [1.82, 2.24) is 24.5 Å². The second kappa shape index (κ2) is 9.59. The average molecular weight is 464 g/mol. The monoisotopic (exact) mass is 463 g/mol. The quantitative estimate of drug-likeness (QED) is 0.683. The molecule has 166 valence electrons. The number of hydrogen-bond acceptors (Lipinski definition) is 4. The molecular formula is C22H27Cl2N5O2. The topological polar surface area (TPSA) is 61.7 Å². The molecule has 1 aromatic heterocycles. The van der Waals surface area contributed by atoms with Gasteiger partial charge in [0.05, 0.1) is 24.3 Å². The molecule has 0 radical (unpaired) electrons. The first-order valence-corrected chi connectivity index (χ1v) is 11.5. The number of halogens is 2. The number of hydrogen-bond donors (Lipinski definition) is 0. The Labute approximate surface area is 192 Å². The number of likely N-dealkylation sites (tertiary alicyclic amines) is 1. The minimum absolute atomic E-state index is 0.113. The lowest BCUT2D eigenvalue weighted by atomic mass is 10.2. The summed E-state index contributed by atoms with van der Waals surface area (Å²) in [5.41, 5.74) is 1.94. The molecule has 0 N–H and O–H groups in total. The van der Waals surface area contributed by atoms with Crippen LogP contribution in [0.2, 0.25) is 10.2 Å². The zero-order chi connectivity index (χ0) is 22.0. The molecule has 4 rings (SSSR count). The molecule has 0 spiro atoms. The van der Waals surface area contributed by atoms with Crippen LogP contribution >= 0.6 is 23.2 Å². The van der Waals surface area contributed by atoms with Crippen LogP contribution in [-0.2, 0) is 11.3 Å². The highest BCUT2D eigenvalue weighted by Crippen LogP contribution is 2.25. The number of aromatic nitrogens is 2. The third kappa shape index (κ3) is 4.89. The number of aryl methyl sites for hydroxylation is 1. The molecule has 0 atom stereocenters. The van der Waals surface area contributed by atoms with Crippen LogP contribution in [0.15, 0.2) is 24.3 Å². The Kier molecular flexibility index (Phi) is 6.84. The molecule has 2 fully saturated rings. The van der Waals surface area contributed by atoms with Gasteiger partial charge < -0.3 is 9.80 Å². The van der Waals surface area contributed by atoms with E-state index in [4.69, 9.17) is 23.2 Å². The molecular weight excluding hydrogens is 437 g/mol. The maximum absolute atomic E-state index is 13.2. The summed E-state index contributed by atoms with van der Waals surface area (Å²) < 4.78 is 1.62. The van der Waals surface area contributed by atoms with Crippen molar-refractivity contribution in [3.63, 3.8) is 0 Å². The highest BCUT2D eigenvalue weighted by atomic mass is 35.5. The molecule has 0 saturated carbocycles. The second-order valence-electron chi connectivity index (χ2n) is 8.16. The van der Waals surface area contributed by atoms with Crippen molar-refractivity contribution in [3.8, 4) is 0 Å². The normalized spacial score (nSPS) is 17.4. The minimum Gasteiger partial charge on any atom is -0.342 e. The summed E-state index contributed by atoms with van der Waals surface area (Å²) in [6.07, 6.45) is 2.19. The maximum atomic E-state index is 13.2. The summed E-state index contributed by atoms with van der Waals surface area (Å²) in [7, 11) is 0. The van der Waals surface area contributed by atoms with E-state index in [2.05, 4.69) is 10.00 Å². The van der Waals surface area contributed by atoms with Gasteiger partial charge in [-0.3, -0.25) is 14.5 Å². The number of amides is 2. The van der Waals surface area contributed by atoms with Crippen LogP contribution in [0.1, 0.15) is 34.5 Å². The molecule has 9 heteroatoms. The number of nitrogens with zero attached hydrogens (tertiary/aromatic N) is 5. The molecule has 2 aromatic rings. The van der Waals surface area contributed by atoms with Crippen molar-refractivity contribution >= 4 is 35.0 Å². The first-order valence-electron chi connectivity index (χ1n) is 10.7. The van der Waals surface area contributed by atoms with E-state index in [1.165, 1.54) is 0 Å². The lowest BCUT2D eigenvalue weighted by molar-refractivity contribution is -0.131. The summed E-state index contributed by atoms with van der Waals surface area (Å²) in [6.45, 7) is 6.85. The van der Waals surface area contributed by atoms with Gasteiger partial charge in [-0.2, -0.15) is 5.10 Å². The third-order valence-electron chi connectivity index (χ3n) is 6.03. The van der Waals surface area contributed by atoms with E-state index in [9.17, 15) is 9.59 Å². The molecule has 0 aliphatic carbocycles. The zero-order valence-electron chi connectivity index (χ0n) is 17.7. The first-order chi connectivity index (χ1) is 14.9. The van der Waals surface area contributed by atoms with E-state index < -0.39 is 0 Å². The van der Waals surface area contributed by atoms with Gasteiger partial charge in [0.1, 0.15) is 5.15 Å². The van der Waals surface area contributed by atoms with Crippen molar-refractivity contribution in [1.29, 1.82) is 0 Å². The van der Waals surface area contributed by atoms with Crippen molar-refractivity contribution < 1.29 is 9.59 Å². The highest BCUT2D eigenvalue weighted by molar-refractivity contribution is 6.33. The van der Waals surface area contributed by atoms with Crippen LogP contribution in [0, 0.1) is 6.92 Å². The Bertz CT molecular complexity index is 963. The molecule has 0 bridgehead atoms. The Morgan fingerprint density at radius 2 is 1.65 bits per heavy atom. The van der Waals surface area contributed by atoms with Crippen LogP contribution < -0.4 is 0 Å². The molecule has 3 heterocycles. The molecule has 2 saturated heterocycles. The van der Waals surface area contributed by atoms with Crippen LogP contribution in [0.4, 0.5) is 0 Å². The Balaban J connectivity index is 1.38. The number of benzene rings is 1. The summed E-state index contributed by atoms with van der Waals surface area (Å²) in [6, 6.07) is 7.52. The predicted octanol–water partition coefficient (Wildman–Crippen LogP) is 2.93. The molecule has 1 aromatic carbocycles. The number of rotatable bonds is 5. The molecule has 2 amide bonds. The minimum atomic E-state index is -0.113. The zero-order valence-corrected chi connectivity index (χ0v) is 19.2. The summed E-state index contributed by atoms with van der Waals surface area (Å²) in [5.74, 6) is 0.0791. The fraction of sp³-hybridized carbons (Fsp3) is 0.500. The van der Waals surface area contributed by atoms with Gasteiger partial charge in [0, 0.05) is 44.3 Å². The third-order valence-corrected chi connectivity index (χ3v) is 6.79. The van der Waals surface area contributed by atoms with Crippen molar-refractivity contribution in [2.24, 2.45) is 0 Å². The van der Waals surface area contributed by atoms with E-state index in [1.807, 2.05) is 29.2 Å². The number of carbonyl (C=O) groups excluding carboxylic acids is 2. The van der Waals surface area contributed by atoms with Gasteiger partial charge in [-0.15, -0.1) is 0 Å². The Morgan fingerprint density at radius 3 is 2.32 bits per heavy atom. The lowest BCUT2D eigenvalue weighted by Crippen LogP contribution is -2.51. The van der Waals surface area contributed by atoms with Crippen LogP contribution in [0.5, 0.6) is 0 Å². The van der Waals surface area contributed by atoms with Crippen LogP contribution in [-0.4, -0.2) is 82.1 Å². The largest absolute Gasteiger partial charge is 0.342 e. The number of piperazine rings is 1. The number of carbonyl (C=O) groups is 2. The standard InChI is InChI=1S/C22H27Cl2N5O2/c1-16-20(21(24)29(25-16)14-17-6-2-3-7-18(17)23)22(31)28-12-10-26(11-13-28)15-19(30)27-8-4-5-9-27/h2-3,6-7H,4-5,8-15H2,1H3. The fourth-order valence-corrected chi connectivity index (χ4v) is 4.72. The SMILES string of the molecule is Cc1nn(Cc2ccccc2Cl)c(Cl)c1C(=O)N1CCN(CC(=O)N2CCCC2)CC1. The lowest BCUT2D eigenvalue weighted by Gasteiger charge is -2.35. The molecule has 2 aliphatic heterocycles. The van der Waals surface area contributed by atoms with Gasteiger partial charge in [0.2, 0.25) is 5.91 Å². The Morgan fingerprint density at radius 1 is 0.968 bits per heavy atom. The molecule has 31 heavy (non-hydrogen) atoms. The highest BCUT2D eigenvalue weighted by Gasteiger charge is 2.29. The van der Waals surface area contributed by atoms with Crippen molar-refractivity contribution in [3.05, 3.63) is 51.3 Å². The Hall–Kier alpha value is -2.09. The second-order valence-corrected chi connectivity index (χ2v) is 8.92. The van der Waals surface area contributed by atoms with E-state index in [-0.39, 0.29) is 11.8 Å². The average Bonchev–Trinajstić information content (AvgIpc) is 3.39. The van der Waals surface area contributed by atoms with E-state index >= 15 is 0 Å². The van der Waals surface area contributed by atoms with Crippen LogP contribution in [0.25, 0.3) is 0 Å². The van der Waals surface area contributed by atoms with Crippen LogP contribution in [0.3, 0.4) is 0 Å². The van der Waals surface area contributed by atoms with Gasteiger partial charge >= 0.3 is 0 Å². The van der Waals surface area contributed by atoms with Crippen molar-refractivity contribution in [2.75, 3.05) is 45.8 Å². The molecule has 0 unspecified atom stereocenters. The van der Waals surface area contributed by atoms with Crippen molar-refractivity contribution in [2.45, 2.75) is 26.3 Å². The first kappa shape index (κ1) is 22.1. The predicted molar refractivity (Wildman–Crippen MR) is 121 cm³/mol. The van der Waals surface area contributed by atoms with Gasteiger partial charge in [0.25, 0.3) is 5.91 Å². The van der Waals surface area contributed by atoms with Gasteiger partial charge in [0.15, 0.2) is 0 Å². The summed E-state index contributed by atoms with van der Waals surface area (Å²) in [5, 5.41) is 5.44. The molecule has 7 nitrogen and oxygen atoms in total. The van der Waals surface area contributed by atoms with Gasteiger partial charge in [-0.25, -0.2) is 4.68 Å². The van der Waals surface area contributed by atoms with Gasteiger partial charge in [-0.05, 0) is 31.4 Å². The fourth-order valence-electron chi connectivity index (χ4n) is 4.21. The summed E-state index contributed by atoms with van der Waals surface area (Å²) >= 11 is 12.8. The van der Waals surface area contributed by atoms with Gasteiger partial charge in [-0.1, -0.05) is 41.4 Å². The van der Waals surface area contributed by atoms with E-state index in [0.29, 0.717) is 60.7 Å². The maximum Gasteiger partial charge on any atom is 0.258 e. The van der Waals surface area contributed by atoms with E-state index in [1.54, 1.807) is 16.5 Å². The summed E-state index contributed by atoms with van der Waals surface area (Å²) in [4.78, 5) is 31.4. The smallest absolute Gasteiger partial charge is 0.258 e.